The van der Waals surface area contributed by atoms with Crippen LogP contribution in [0.4, 0.5) is 10.5 Å². The third kappa shape index (κ3) is 4.00. The van der Waals surface area contributed by atoms with E-state index in [4.69, 9.17) is 9.15 Å². The molecular weight excluding hydrogens is 284 g/mol. The number of methoxy groups -OCH3 is 1. The van der Waals surface area contributed by atoms with Crippen LogP contribution in [0.1, 0.15) is 32.4 Å². The average molecular weight is 304 g/mol. The molecule has 0 aliphatic rings. The average Bonchev–Trinajstić information content (AvgIpc) is 2.95. The molecule has 1 heterocycles. The Kier molecular flexibility index (Phi) is 4.70. The Labute approximate surface area is 129 Å². The summed E-state index contributed by atoms with van der Waals surface area (Å²) in [5, 5.41) is 2.59. The zero-order chi connectivity index (χ0) is 16.2. The van der Waals surface area contributed by atoms with Crippen molar-refractivity contribution in [2.75, 3.05) is 12.4 Å². The molecule has 1 N–H and O–H groups in total. The second-order valence-corrected chi connectivity index (χ2v) is 5.77. The standard InChI is InChI=1S/C16H20N2O4/c1-16(2,3)13-9-17-14(22-13)10-21-12-8-6-5-7-11(12)18-15(19)20-4/h5-9H,10H2,1-4H3,(H,18,19). The smallest absolute Gasteiger partial charge is 0.411 e. The molecule has 1 aromatic heterocycles. The molecule has 0 aliphatic heterocycles. The first kappa shape index (κ1) is 15.9. The van der Waals surface area contributed by atoms with E-state index in [1.54, 1.807) is 24.4 Å². The first-order valence-electron chi connectivity index (χ1n) is 6.92. The highest BCUT2D eigenvalue weighted by atomic mass is 16.5. The number of hydrogen-bond donors (Lipinski definition) is 1. The van der Waals surface area contributed by atoms with E-state index in [1.807, 2.05) is 26.8 Å². The number of carbonyl (C=O) groups is 1. The number of nitrogens with one attached hydrogen (secondary N) is 1. The molecule has 0 atom stereocenters. The van der Waals surface area contributed by atoms with Crippen molar-refractivity contribution in [1.29, 1.82) is 0 Å². The third-order valence-electron chi connectivity index (χ3n) is 2.95. The van der Waals surface area contributed by atoms with Crippen molar-refractivity contribution in [1.82, 2.24) is 4.98 Å². The number of aromatic nitrogens is 1. The molecule has 6 heteroatoms. The first-order valence-corrected chi connectivity index (χ1v) is 6.92. The minimum atomic E-state index is -0.554. The van der Waals surface area contributed by atoms with Crippen LogP contribution < -0.4 is 10.1 Å². The number of oxazole rings is 1. The molecule has 0 saturated heterocycles. The summed E-state index contributed by atoms with van der Waals surface area (Å²) >= 11 is 0. The normalized spacial score (nSPS) is 11.1. The van der Waals surface area contributed by atoms with Gasteiger partial charge in [-0.1, -0.05) is 32.9 Å². The molecule has 6 nitrogen and oxygen atoms in total. The van der Waals surface area contributed by atoms with Crippen molar-refractivity contribution < 1.29 is 18.7 Å². The summed E-state index contributed by atoms with van der Waals surface area (Å²) < 4.78 is 15.9. The predicted octanol–water partition coefficient (Wildman–Crippen LogP) is 3.73. The van der Waals surface area contributed by atoms with Crippen molar-refractivity contribution in [3.05, 3.63) is 42.1 Å². The molecular formula is C16H20N2O4. The van der Waals surface area contributed by atoms with E-state index in [2.05, 4.69) is 15.0 Å². The molecule has 0 unspecified atom stereocenters. The Morgan fingerprint density at radius 1 is 1.32 bits per heavy atom. The van der Waals surface area contributed by atoms with E-state index in [1.165, 1.54) is 7.11 Å². The zero-order valence-corrected chi connectivity index (χ0v) is 13.2. The highest BCUT2D eigenvalue weighted by molar-refractivity contribution is 5.86. The largest absolute Gasteiger partial charge is 0.482 e. The molecule has 0 fully saturated rings. The number of anilines is 1. The molecule has 1 amide bonds. The molecule has 118 valence electrons. The minimum Gasteiger partial charge on any atom is -0.482 e. The Morgan fingerprint density at radius 3 is 2.68 bits per heavy atom. The zero-order valence-electron chi connectivity index (χ0n) is 13.2. The number of carbonyl (C=O) groups excluding carboxylic acids is 1. The van der Waals surface area contributed by atoms with Crippen molar-refractivity contribution in [2.24, 2.45) is 0 Å². The van der Waals surface area contributed by atoms with Crippen LogP contribution in [0.3, 0.4) is 0 Å². The maximum atomic E-state index is 11.3. The molecule has 0 saturated carbocycles. The molecule has 0 spiro atoms. The number of nitrogens with zero attached hydrogens (tertiary/aromatic N) is 1. The van der Waals surface area contributed by atoms with E-state index in [-0.39, 0.29) is 12.0 Å². The van der Waals surface area contributed by atoms with Gasteiger partial charge in [0.25, 0.3) is 0 Å². The second-order valence-electron chi connectivity index (χ2n) is 5.77. The number of benzene rings is 1. The lowest BCUT2D eigenvalue weighted by Gasteiger charge is -2.13. The van der Waals surface area contributed by atoms with Gasteiger partial charge in [0.05, 0.1) is 19.0 Å². The third-order valence-corrected chi connectivity index (χ3v) is 2.95. The number of hydrogen-bond acceptors (Lipinski definition) is 5. The van der Waals surface area contributed by atoms with Crippen molar-refractivity contribution in [3.8, 4) is 5.75 Å². The summed E-state index contributed by atoms with van der Waals surface area (Å²) in [6.45, 7) is 6.32. The molecule has 2 rings (SSSR count). The van der Waals surface area contributed by atoms with Gasteiger partial charge in [0.2, 0.25) is 5.89 Å². The van der Waals surface area contributed by atoms with E-state index >= 15 is 0 Å². The summed E-state index contributed by atoms with van der Waals surface area (Å²) in [4.78, 5) is 15.5. The minimum absolute atomic E-state index is 0.102. The lowest BCUT2D eigenvalue weighted by Crippen LogP contribution is -2.12. The summed E-state index contributed by atoms with van der Waals surface area (Å²) in [5.74, 6) is 1.80. The van der Waals surface area contributed by atoms with E-state index in [9.17, 15) is 4.79 Å². The maximum absolute atomic E-state index is 11.3. The lowest BCUT2D eigenvalue weighted by atomic mass is 9.94. The van der Waals surface area contributed by atoms with Crippen LogP contribution in [-0.4, -0.2) is 18.2 Å². The van der Waals surface area contributed by atoms with Gasteiger partial charge < -0.3 is 13.9 Å². The number of para-hydroxylation sites is 2. The quantitative estimate of drug-likeness (QED) is 0.931. The monoisotopic (exact) mass is 304 g/mol. The van der Waals surface area contributed by atoms with E-state index in [0.29, 0.717) is 17.3 Å². The van der Waals surface area contributed by atoms with Crippen molar-refractivity contribution >= 4 is 11.8 Å². The van der Waals surface area contributed by atoms with Crippen molar-refractivity contribution in [3.63, 3.8) is 0 Å². The van der Waals surface area contributed by atoms with Gasteiger partial charge in [0.1, 0.15) is 11.5 Å². The summed E-state index contributed by atoms with van der Waals surface area (Å²) in [5.41, 5.74) is 0.423. The predicted molar refractivity (Wildman–Crippen MR) is 82.0 cm³/mol. The van der Waals surface area contributed by atoms with Gasteiger partial charge >= 0.3 is 6.09 Å². The van der Waals surface area contributed by atoms with Crippen LogP contribution in [0.25, 0.3) is 0 Å². The topological polar surface area (TPSA) is 73.6 Å². The van der Waals surface area contributed by atoms with Gasteiger partial charge in [0.15, 0.2) is 6.61 Å². The van der Waals surface area contributed by atoms with Crippen LogP contribution in [0.5, 0.6) is 5.75 Å². The van der Waals surface area contributed by atoms with Gasteiger partial charge in [0, 0.05) is 5.41 Å². The SMILES string of the molecule is COC(=O)Nc1ccccc1OCc1ncc(C(C)(C)C)o1. The fraction of sp³-hybridized carbons (Fsp3) is 0.375. The Balaban J connectivity index is 2.05. The Hall–Kier alpha value is -2.50. The number of ether oxygens (including phenoxy) is 2. The molecule has 0 bridgehead atoms. The first-order chi connectivity index (χ1) is 10.4. The Bertz CT molecular complexity index is 644. The van der Waals surface area contributed by atoms with Crippen LogP contribution in [0.2, 0.25) is 0 Å². The van der Waals surface area contributed by atoms with Gasteiger partial charge in [-0.3, -0.25) is 5.32 Å². The van der Waals surface area contributed by atoms with Crippen LogP contribution in [0.15, 0.2) is 34.9 Å². The van der Waals surface area contributed by atoms with Gasteiger partial charge in [-0.15, -0.1) is 0 Å². The second kappa shape index (κ2) is 6.51. The molecule has 2 aromatic rings. The molecule has 22 heavy (non-hydrogen) atoms. The fourth-order valence-electron chi connectivity index (χ4n) is 1.72. The molecule has 0 radical (unpaired) electrons. The highest BCUT2D eigenvalue weighted by Crippen LogP contribution is 2.26. The van der Waals surface area contributed by atoms with Crippen LogP contribution in [-0.2, 0) is 16.8 Å². The summed E-state index contributed by atoms with van der Waals surface area (Å²) in [7, 11) is 1.31. The Morgan fingerprint density at radius 2 is 2.05 bits per heavy atom. The number of rotatable bonds is 4. The van der Waals surface area contributed by atoms with Gasteiger partial charge in [-0.25, -0.2) is 9.78 Å². The maximum Gasteiger partial charge on any atom is 0.411 e. The summed E-state index contributed by atoms with van der Waals surface area (Å²) in [6, 6.07) is 7.08. The van der Waals surface area contributed by atoms with Crippen molar-refractivity contribution in [2.45, 2.75) is 32.8 Å². The van der Waals surface area contributed by atoms with Gasteiger partial charge in [-0.2, -0.15) is 0 Å². The van der Waals surface area contributed by atoms with Crippen LogP contribution >= 0.6 is 0 Å². The van der Waals surface area contributed by atoms with E-state index in [0.717, 1.165) is 5.76 Å². The highest BCUT2D eigenvalue weighted by Gasteiger charge is 2.19. The lowest BCUT2D eigenvalue weighted by molar-refractivity contribution is 0.186. The fourth-order valence-corrected chi connectivity index (χ4v) is 1.72. The summed E-state index contributed by atoms with van der Waals surface area (Å²) in [6.07, 6.45) is 1.15. The van der Waals surface area contributed by atoms with Crippen LogP contribution in [0, 0.1) is 0 Å². The molecule has 0 aliphatic carbocycles. The van der Waals surface area contributed by atoms with Gasteiger partial charge in [-0.05, 0) is 12.1 Å². The number of amides is 1. The van der Waals surface area contributed by atoms with E-state index < -0.39 is 6.09 Å². The molecule has 1 aromatic carbocycles.